The van der Waals surface area contributed by atoms with Crippen LogP contribution in [0.15, 0.2) is 60.7 Å². The van der Waals surface area contributed by atoms with E-state index in [-0.39, 0.29) is 12.1 Å². The molecule has 3 heterocycles. The number of fused-ring (bicyclic) bond motifs is 1. The van der Waals surface area contributed by atoms with Crippen LogP contribution in [0.5, 0.6) is 0 Å². The van der Waals surface area contributed by atoms with Crippen LogP contribution >= 0.6 is 0 Å². The first-order chi connectivity index (χ1) is 17.5. The summed E-state index contributed by atoms with van der Waals surface area (Å²) < 4.78 is 1.80. The van der Waals surface area contributed by atoms with Gasteiger partial charge < -0.3 is 16.2 Å². The van der Waals surface area contributed by atoms with Gasteiger partial charge in [0.1, 0.15) is 0 Å². The van der Waals surface area contributed by atoms with E-state index in [0.717, 1.165) is 36.5 Å². The fourth-order valence-corrected chi connectivity index (χ4v) is 4.61. The zero-order valence-electron chi connectivity index (χ0n) is 19.9. The average Bonchev–Trinajstić information content (AvgIpc) is 3.55. The third-order valence-electron chi connectivity index (χ3n) is 6.42. The van der Waals surface area contributed by atoms with Crippen LogP contribution in [-0.2, 0) is 24.3 Å². The van der Waals surface area contributed by atoms with Crippen LogP contribution in [0.2, 0.25) is 0 Å². The quantitative estimate of drug-likeness (QED) is 0.350. The number of rotatable bonds is 8. The van der Waals surface area contributed by atoms with Crippen LogP contribution in [-0.4, -0.2) is 49.6 Å². The molecule has 1 fully saturated rings. The number of anilines is 1. The number of likely N-dealkylation sites (tertiary alicyclic amines) is 1. The van der Waals surface area contributed by atoms with Crippen LogP contribution < -0.4 is 11.1 Å². The maximum Gasteiger partial charge on any atom is 0.307 e. The number of hydrogen-bond acceptors (Lipinski definition) is 6. The number of aromatic nitrogens is 3. The van der Waals surface area contributed by atoms with Crippen molar-refractivity contribution >= 4 is 23.1 Å². The monoisotopic (exact) mass is 484 g/mol. The largest absolute Gasteiger partial charge is 0.481 e. The van der Waals surface area contributed by atoms with Gasteiger partial charge in [0.2, 0.25) is 0 Å². The number of benzene rings is 2. The number of carbonyl (C=O) groups is 2. The SMILES string of the molecule is NCc1cccc(-c2nc(C(=O)Nc3ccccc3CC(=O)O)c3ccc(CN4CCCC4)n3n2)c1. The maximum absolute atomic E-state index is 13.5. The van der Waals surface area contributed by atoms with Crippen molar-refractivity contribution in [2.24, 2.45) is 5.73 Å². The molecule has 36 heavy (non-hydrogen) atoms. The van der Waals surface area contributed by atoms with Crippen molar-refractivity contribution in [1.82, 2.24) is 19.5 Å². The molecule has 0 saturated carbocycles. The van der Waals surface area contributed by atoms with Gasteiger partial charge in [-0.3, -0.25) is 14.5 Å². The molecule has 2 aromatic carbocycles. The van der Waals surface area contributed by atoms with Crippen molar-refractivity contribution in [3.8, 4) is 11.4 Å². The van der Waals surface area contributed by atoms with E-state index in [1.165, 1.54) is 12.8 Å². The Labute approximate surface area is 208 Å². The van der Waals surface area contributed by atoms with Gasteiger partial charge in [-0.1, -0.05) is 36.4 Å². The van der Waals surface area contributed by atoms with Gasteiger partial charge in [-0.2, -0.15) is 0 Å². The number of carboxylic acids is 1. The van der Waals surface area contributed by atoms with Gasteiger partial charge in [-0.25, -0.2) is 9.50 Å². The van der Waals surface area contributed by atoms with Crippen molar-refractivity contribution in [3.05, 3.63) is 83.2 Å². The molecule has 0 bridgehead atoms. The Morgan fingerprint density at radius 3 is 2.61 bits per heavy atom. The summed E-state index contributed by atoms with van der Waals surface area (Å²) in [5.74, 6) is -0.982. The van der Waals surface area contributed by atoms with Crippen molar-refractivity contribution in [2.45, 2.75) is 32.4 Å². The molecule has 184 valence electrons. The lowest BCUT2D eigenvalue weighted by Gasteiger charge is -2.15. The van der Waals surface area contributed by atoms with Crippen LogP contribution in [0, 0.1) is 0 Å². The molecule has 5 rings (SSSR count). The lowest BCUT2D eigenvalue weighted by molar-refractivity contribution is -0.136. The first kappa shape index (κ1) is 23.7. The molecular weight excluding hydrogens is 456 g/mol. The lowest BCUT2D eigenvalue weighted by atomic mass is 10.1. The van der Waals surface area contributed by atoms with Crippen LogP contribution in [0.3, 0.4) is 0 Å². The summed E-state index contributed by atoms with van der Waals surface area (Å²) >= 11 is 0. The third-order valence-corrected chi connectivity index (χ3v) is 6.42. The summed E-state index contributed by atoms with van der Waals surface area (Å²) in [5, 5.41) is 16.9. The minimum absolute atomic E-state index is 0.197. The second kappa shape index (κ2) is 10.3. The zero-order valence-corrected chi connectivity index (χ0v) is 19.9. The van der Waals surface area contributed by atoms with Crippen LogP contribution in [0.1, 0.15) is 40.2 Å². The van der Waals surface area contributed by atoms with Crippen LogP contribution in [0.4, 0.5) is 5.69 Å². The summed E-state index contributed by atoms with van der Waals surface area (Å²) in [5.41, 5.74) is 10.3. The fraction of sp³-hybridized carbons (Fsp3) is 0.259. The first-order valence-electron chi connectivity index (χ1n) is 12.0. The number of aliphatic carboxylic acids is 1. The third kappa shape index (κ3) is 4.98. The van der Waals surface area contributed by atoms with E-state index in [9.17, 15) is 14.7 Å². The second-order valence-electron chi connectivity index (χ2n) is 8.98. The Kier molecular flexibility index (Phi) is 6.75. The van der Waals surface area contributed by atoms with Gasteiger partial charge in [0.05, 0.1) is 17.6 Å². The van der Waals surface area contributed by atoms with Crippen molar-refractivity contribution < 1.29 is 14.7 Å². The molecule has 1 amide bonds. The molecule has 0 spiro atoms. The molecule has 0 aliphatic carbocycles. The number of nitrogens with two attached hydrogens (primary N) is 1. The lowest BCUT2D eigenvalue weighted by Crippen LogP contribution is -2.21. The highest BCUT2D eigenvalue weighted by molar-refractivity contribution is 6.08. The molecule has 2 aromatic heterocycles. The van der Waals surface area contributed by atoms with Gasteiger partial charge in [-0.05, 0) is 61.3 Å². The van der Waals surface area contributed by atoms with Gasteiger partial charge >= 0.3 is 5.97 Å². The molecule has 9 heteroatoms. The van der Waals surface area contributed by atoms with E-state index in [1.807, 2.05) is 36.4 Å². The number of nitrogens with zero attached hydrogens (tertiary/aromatic N) is 4. The summed E-state index contributed by atoms with van der Waals surface area (Å²) in [6.07, 6.45) is 2.16. The smallest absolute Gasteiger partial charge is 0.307 e. The molecule has 1 saturated heterocycles. The number of amides is 1. The van der Waals surface area contributed by atoms with Gasteiger partial charge in [0, 0.05) is 24.3 Å². The Morgan fingerprint density at radius 1 is 1.03 bits per heavy atom. The highest BCUT2D eigenvalue weighted by Gasteiger charge is 2.21. The highest BCUT2D eigenvalue weighted by atomic mass is 16.4. The molecule has 4 N–H and O–H groups in total. The maximum atomic E-state index is 13.5. The standard InChI is InChI=1S/C27H28N6O3/c28-16-18-6-5-8-20(14-18)26-30-25(27(36)29-22-9-2-1-7-19(22)15-24(34)35)23-11-10-21(33(23)31-26)17-32-12-3-4-13-32/h1-2,5-11,14H,3-4,12-13,15-17,28H2,(H,29,36)(H,34,35). The number of para-hydroxylation sites is 1. The van der Waals surface area contributed by atoms with Gasteiger partial charge in [0.25, 0.3) is 5.91 Å². The Balaban J connectivity index is 1.58. The molecule has 1 aliphatic heterocycles. The zero-order chi connectivity index (χ0) is 25.1. The van der Waals surface area contributed by atoms with E-state index < -0.39 is 11.9 Å². The molecule has 0 atom stereocenters. The van der Waals surface area contributed by atoms with E-state index >= 15 is 0 Å². The molecule has 9 nitrogen and oxygen atoms in total. The molecule has 1 aliphatic rings. The number of carboxylic acid groups (broad SMARTS) is 1. The molecule has 0 radical (unpaired) electrons. The minimum atomic E-state index is -0.971. The van der Waals surface area contributed by atoms with Crippen LogP contribution in [0.25, 0.3) is 16.9 Å². The molecular formula is C27H28N6O3. The summed E-state index contributed by atoms with van der Waals surface area (Å²) in [4.78, 5) is 31.9. The summed E-state index contributed by atoms with van der Waals surface area (Å²) in [6, 6.07) is 18.4. The van der Waals surface area contributed by atoms with Crippen molar-refractivity contribution in [1.29, 1.82) is 0 Å². The second-order valence-corrected chi connectivity index (χ2v) is 8.98. The Morgan fingerprint density at radius 2 is 1.83 bits per heavy atom. The molecule has 4 aromatic rings. The predicted octanol–water partition coefficient (Wildman–Crippen LogP) is 3.33. The van der Waals surface area contributed by atoms with Crippen molar-refractivity contribution in [3.63, 3.8) is 0 Å². The van der Waals surface area contributed by atoms with E-state index in [1.54, 1.807) is 28.8 Å². The normalized spacial score (nSPS) is 13.8. The van der Waals surface area contributed by atoms with E-state index in [2.05, 4.69) is 15.2 Å². The Bertz CT molecular complexity index is 1420. The van der Waals surface area contributed by atoms with E-state index in [4.69, 9.17) is 10.8 Å². The highest BCUT2D eigenvalue weighted by Crippen LogP contribution is 2.24. The average molecular weight is 485 g/mol. The minimum Gasteiger partial charge on any atom is -0.481 e. The topological polar surface area (TPSA) is 126 Å². The van der Waals surface area contributed by atoms with Gasteiger partial charge in [0.15, 0.2) is 11.5 Å². The van der Waals surface area contributed by atoms with Gasteiger partial charge in [-0.15, -0.1) is 5.10 Å². The first-order valence-corrected chi connectivity index (χ1v) is 12.0. The van der Waals surface area contributed by atoms with E-state index in [0.29, 0.717) is 29.1 Å². The fourth-order valence-electron chi connectivity index (χ4n) is 4.61. The number of nitrogens with one attached hydrogen (secondary N) is 1. The van der Waals surface area contributed by atoms with Crippen molar-refractivity contribution in [2.75, 3.05) is 18.4 Å². The predicted molar refractivity (Wildman–Crippen MR) is 137 cm³/mol. The number of carbonyl (C=O) groups excluding carboxylic acids is 1. The number of hydrogen-bond donors (Lipinski definition) is 3. The Hall–Kier alpha value is -4.08. The summed E-state index contributed by atoms with van der Waals surface area (Å²) in [7, 11) is 0. The summed E-state index contributed by atoms with van der Waals surface area (Å²) in [6.45, 7) is 3.19. The molecule has 0 unspecified atom stereocenters.